The van der Waals surface area contributed by atoms with E-state index in [4.69, 9.17) is 0 Å². The molecule has 0 radical (unpaired) electrons. The van der Waals surface area contributed by atoms with Crippen LogP contribution >= 0.6 is 47.1 Å². The second-order valence-corrected chi connectivity index (χ2v) is 5.97. The Labute approximate surface area is 142 Å². The van der Waals surface area contributed by atoms with Crippen molar-refractivity contribution < 1.29 is 0 Å². The van der Waals surface area contributed by atoms with Crippen LogP contribution in [0.4, 0.5) is 0 Å². The first kappa shape index (κ1) is 19.1. The van der Waals surface area contributed by atoms with Gasteiger partial charge in [0.15, 0.2) is 5.96 Å². The molecule has 0 aliphatic heterocycles. The first-order valence-corrected chi connectivity index (χ1v) is 8.60. The molecule has 19 heavy (non-hydrogen) atoms. The molecule has 110 valence electrons. The van der Waals surface area contributed by atoms with E-state index in [-0.39, 0.29) is 24.0 Å². The van der Waals surface area contributed by atoms with Crippen molar-refractivity contribution in [3.05, 3.63) is 22.4 Å². The van der Waals surface area contributed by atoms with Gasteiger partial charge in [0.1, 0.15) is 0 Å². The Balaban J connectivity index is 0.00000324. The van der Waals surface area contributed by atoms with E-state index in [2.05, 4.69) is 39.4 Å². The average molecular weight is 413 g/mol. The van der Waals surface area contributed by atoms with Crippen molar-refractivity contribution in [3.63, 3.8) is 0 Å². The molecule has 2 N–H and O–H groups in total. The molecule has 0 spiro atoms. The standard InChI is InChI=1S/C13H23N3S2.HI/c1-14-13(15-8-3-4-10-17-2)16-9-7-12-6-5-11-18-12;/h5-6,11H,3-4,7-10H2,1-2H3,(H2,14,15,16);1H. The zero-order chi connectivity index (χ0) is 13.1. The zero-order valence-electron chi connectivity index (χ0n) is 11.6. The summed E-state index contributed by atoms with van der Waals surface area (Å²) in [7, 11) is 1.82. The summed E-state index contributed by atoms with van der Waals surface area (Å²) in [6.07, 6.45) is 5.68. The maximum absolute atomic E-state index is 4.22. The van der Waals surface area contributed by atoms with Gasteiger partial charge >= 0.3 is 0 Å². The molecule has 6 heteroatoms. The van der Waals surface area contributed by atoms with Crippen molar-refractivity contribution in [1.29, 1.82) is 0 Å². The lowest BCUT2D eigenvalue weighted by atomic mass is 10.3. The smallest absolute Gasteiger partial charge is 0.190 e. The first-order valence-electron chi connectivity index (χ1n) is 6.32. The first-order chi connectivity index (χ1) is 8.86. The van der Waals surface area contributed by atoms with Gasteiger partial charge < -0.3 is 10.6 Å². The van der Waals surface area contributed by atoms with Crippen molar-refractivity contribution in [3.8, 4) is 0 Å². The van der Waals surface area contributed by atoms with Crippen LogP contribution in [-0.2, 0) is 6.42 Å². The molecule has 0 unspecified atom stereocenters. The van der Waals surface area contributed by atoms with Crippen LogP contribution in [0.25, 0.3) is 0 Å². The predicted octanol–water partition coefficient (Wildman–Crippen LogP) is 3.22. The molecule has 1 aromatic rings. The fourth-order valence-corrected chi connectivity index (χ4v) is 2.76. The van der Waals surface area contributed by atoms with Crippen LogP contribution in [0, 0.1) is 0 Å². The number of rotatable bonds is 8. The lowest BCUT2D eigenvalue weighted by molar-refractivity contribution is 0.731. The number of nitrogens with zero attached hydrogens (tertiary/aromatic N) is 1. The van der Waals surface area contributed by atoms with Gasteiger partial charge in [0.25, 0.3) is 0 Å². The molecule has 3 nitrogen and oxygen atoms in total. The molecule has 0 aliphatic carbocycles. The maximum atomic E-state index is 4.22. The molecule has 1 aromatic heterocycles. The van der Waals surface area contributed by atoms with Crippen LogP contribution in [0.5, 0.6) is 0 Å². The quantitative estimate of drug-likeness (QED) is 0.297. The molecule has 1 rings (SSSR count). The Bertz CT molecular complexity index is 329. The summed E-state index contributed by atoms with van der Waals surface area (Å²) >= 11 is 3.71. The lowest BCUT2D eigenvalue weighted by Crippen LogP contribution is -2.38. The molecular weight excluding hydrogens is 389 g/mol. The molecular formula is C13H24IN3S2. The third kappa shape index (κ3) is 9.56. The molecule has 0 bridgehead atoms. The third-order valence-electron chi connectivity index (χ3n) is 2.54. The van der Waals surface area contributed by atoms with Crippen molar-refractivity contribution in [2.75, 3.05) is 32.1 Å². The van der Waals surface area contributed by atoms with Crippen LogP contribution in [0.3, 0.4) is 0 Å². The van der Waals surface area contributed by atoms with E-state index in [0.29, 0.717) is 0 Å². The number of hydrogen-bond donors (Lipinski definition) is 2. The third-order valence-corrected chi connectivity index (χ3v) is 4.17. The van der Waals surface area contributed by atoms with Gasteiger partial charge in [-0.05, 0) is 42.7 Å². The number of aliphatic imine (C=N–C) groups is 1. The number of guanidine groups is 1. The summed E-state index contributed by atoms with van der Waals surface area (Å²) in [6, 6.07) is 4.27. The Morgan fingerprint density at radius 1 is 1.32 bits per heavy atom. The Morgan fingerprint density at radius 3 is 2.74 bits per heavy atom. The number of thioether (sulfide) groups is 1. The molecule has 0 saturated heterocycles. The van der Waals surface area contributed by atoms with Gasteiger partial charge in [0.05, 0.1) is 0 Å². The average Bonchev–Trinajstić information content (AvgIpc) is 2.89. The van der Waals surface area contributed by atoms with Crippen molar-refractivity contribution in [1.82, 2.24) is 10.6 Å². The van der Waals surface area contributed by atoms with Crippen LogP contribution in [0.15, 0.2) is 22.5 Å². The highest BCUT2D eigenvalue weighted by Crippen LogP contribution is 2.07. The number of nitrogens with one attached hydrogen (secondary N) is 2. The second-order valence-electron chi connectivity index (χ2n) is 3.96. The van der Waals surface area contributed by atoms with Crippen LogP contribution in [0.2, 0.25) is 0 Å². The summed E-state index contributed by atoms with van der Waals surface area (Å²) in [5, 5.41) is 8.80. The summed E-state index contributed by atoms with van der Waals surface area (Å²) in [4.78, 5) is 5.63. The fraction of sp³-hybridized carbons (Fsp3) is 0.615. The lowest BCUT2D eigenvalue weighted by Gasteiger charge is -2.11. The van der Waals surface area contributed by atoms with Crippen LogP contribution in [-0.4, -0.2) is 38.1 Å². The van der Waals surface area contributed by atoms with Gasteiger partial charge in [-0.2, -0.15) is 11.8 Å². The SMILES string of the molecule is CN=C(NCCCCSC)NCCc1cccs1.I. The van der Waals surface area contributed by atoms with E-state index in [1.807, 2.05) is 18.8 Å². The minimum absolute atomic E-state index is 0. The van der Waals surface area contributed by atoms with Crippen molar-refractivity contribution in [2.45, 2.75) is 19.3 Å². The van der Waals surface area contributed by atoms with E-state index in [0.717, 1.165) is 25.5 Å². The molecule has 0 aliphatic rings. The molecule has 0 fully saturated rings. The van der Waals surface area contributed by atoms with Gasteiger partial charge in [-0.25, -0.2) is 0 Å². The highest BCUT2D eigenvalue weighted by atomic mass is 127. The number of unbranched alkanes of at least 4 members (excludes halogenated alkanes) is 1. The van der Waals surface area contributed by atoms with E-state index < -0.39 is 0 Å². The number of halogens is 1. The predicted molar refractivity (Wildman–Crippen MR) is 100 cm³/mol. The summed E-state index contributed by atoms with van der Waals surface area (Å²) in [6.45, 7) is 1.93. The van der Waals surface area contributed by atoms with Crippen LogP contribution in [0.1, 0.15) is 17.7 Å². The van der Waals surface area contributed by atoms with Crippen LogP contribution < -0.4 is 10.6 Å². The minimum Gasteiger partial charge on any atom is -0.356 e. The molecule has 0 saturated carbocycles. The van der Waals surface area contributed by atoms with Gasteiger partial charge in [-0.3, -0.25) is 4.99 Å². The summed E-state index contributed by atoms with van der Waals surface area (Å²) in [5.41, 5.74) is 0. The molecule has 0 aromatic carbocycles. The number of thiophene rings is 1. The van der Waals surface area contributed by atoms with Crippen molar-refractivity contribution in [2.24, 2.45) is 4.99 Å². The normalized spacial score (nSPS) is 10.9. The largest absolute Gasteiger partial charge is 0.356 e. The zero-order valence-corrected chi connectivity index (χ0v) is 15.6. The Hall–Kier alpha value is 0.0500. The van der Waals surface area contributed by atoms with E-state index in [1.54, 1.807) is 11.3 Å². The molecule has 0 amide bonds. The van der Waals surface area contributed by atoms with E-state index in [9.17, 15) is 0 Å². The minimum atomic E-state index is 0. The highest BCUT2D eigenvalue weighted by molar-refractivity contribution is 14.0. The fourth-order valence-electron chi connectivity index (χ4n) is 1.56. The second kappa shape index (κ2) is 13.1. The summed E-state index contributed by atoms with van der Waals surface area (Å²) in [5.74, 6) is 2.15. The maximum Gasteiger partial charge on any atom is 0.190 e. The Morgan fingerprint density at radius 2 is 2.11 bits per heavy atom. The monoisotopic (exact) mass is 413 g/mol. The molecule has 1 heterocycles. The number of hydrogen-bond acceptors (Lipinski definition) is 3. The van der Waals surface area contributed by atoms with E-state index >= 15 is 0 Å². The van der Waals surface area contributed by atoms with Gasteiger partial charge in [-0.15, -0.1) is 35.3 Å². The van der Waals surface area contributed by atoms with Gasteiger partial charge in [0.2, 0.25) is 0 Å². The Kier molecular flexibility index (Phi) is 13.1. The molecule has 0 atom stereocenters. The highest BCUT2D eigenvalue weighted by Gasteiger charge is 1.97. The summed E-state index contributed by atoms with van der Waals surface area (Å²) < 4.78 is 0. The van der Waals surface area contributed by atoms with Gasteiger partial charge in [0, 0.05) is 25.0 Å². The topological polar surface area (TPSA) is 36.4 Å². The van der Waals surface area contributed by atoms with E-state index in [1.165, 1.54) is 23.5 Å². The van der Waals surface area contributed by atoms with Gasteiger partial charge in [-0.1, -0.05) is 6.07 Å². The van der Waals surface area contributed by atoms with Crippen molar-refractivity contribution >= 4 is 53.0 Å².